The lowest BCUT2D eigenvalue weighted by molar-refractivity contribution is -0.117. The van der Waals surface area contributed by atoms with Gasteiger partial charge in [0.15, 0.2) is 11.5 Å². The molecule has 0 saturated carbocycles. The molecule has 1 aliphatic rings. The fourth-order valence-corrected chi connectivity index (χ4v) is 3.59. The van der Waals surface area contributed by atoms with Gasteiger partial charge in [0.25, 0.3) is 0 Å². The van der Waals surface area contributed by atoms with E-state index >= 15 is 0 Å². The number of hydrogen-bond acceptors (Lipinski definition) is 11. The van der Waals surface area contributed by atoms with Crippen LogP contribution in [-0.4, -0.2) is 79.9 Å². The van der Waals surface area contributed by atoms with Gasteiger partial charge >= 0.3 is 0 Å². The third-order valence-corrected chi connectivity index (χ3v) is 4.91. The Morgan fingerprint density at radius 3 is 2.82 bits per heavy atom. The van der Waals surface area contributed by atoms with Gasteiger partial charge in [-0.05, 0) is 0 Å². The molecular formula is C15H15N9O4. The van der Waals surface area contributed by atoms with E-state index in [2.05, 4.69) is 35.1 Å². The average molecular weight is 385 g/mol. The molecule has 0 radical (unpaired) electrons. The van der Waals surface area contributed by atoms with E-state index < -0.39 is 30.6 Å². The number of aliphatic hydroxyl groups is 3. The monoisotopic (exact) mass is 385 g/mol. The van der Waals surface area contributed by atoms with Crippen molar-refractivity contribution in [3.63, 3.8) is 0 Å². The number of hydrogen-bond donors (Lipinski definition) is 5. The second-order valence-electron chi connectivity index (χ2n) is 6.37. The minimum Gasteiger partial charge on any atom is -0.394 e. The van der Waals surface area contributed by atoms with Crippen LogP contribution in [0, 0.1) is 0 Å². The van der Waals surface area contributed by atoms with Crippen LogP contribution in [0.5, 0.6) is 0 Å². The van der Waals surface area contributed by atoms with Crippen LogP contribution >= 0.6 is 0 Å². The van der Waals surface area contributed by atoms with E-state index in [1.807, 2.05) is 0 Å². The number of nitrogens with zero attached hydrogens (tertiary/aromatic N) is 7. The second kappa shape index (κ2) is 5.87. The summed E-state index contributed by atoms with van der Waals surface area (Å²) in [6, 6.07) is 0. The zero-order valence-corrected chi connectivity index (χ0v) is 14.2. The molecule has 5 heterocycles. The van der Waals surface area contributed by atoms with Gasteiger partial charge in [-0.1, -0.05) is 0 Å². The molecule has 4 aromatic heterocycles. The highest BCUT2D eigenvalue weighted by atomic mass is 16.6. The molecule has 28 heavy (non-hydrogen) atoms. The molecule has 1 aliphatic heterocycles. The van der Waals surface area contributed by atoms with E-state index in [1.54, 1.807) is 0 Å². The molecule has 0 aromatic carbocycles. The molecule has 13 heteroatoms. The summed E-state index contributed by atoms with van der Waals surface area (Å²) in [5, 5.41) is 38.1. The Hall–Kier alpha value is -3.26. The fraction of sp³-hybridized carbons (Fsp3) is 0.333. The van der Waals surface area contributed by atoms with Crippen LogP contribution in [0.4, 0.5) is 5.82 Å². The van der Waals surface area contributed by atoms with Crippen molar-refractivity contribution in [2.24, 2.45) is 0 Å². The van der Waals surface area contributed by atoms with Gasteiger partial charge in [0.2, 0.25) is 5.72 Å². The van der Waals surface area contributed by atoms with Crippen LogP contribution in [0.15, 0.2) is 25.2 Å². The smallest absolute Gasteiger partial charge is 0.221 e. The lowest BCUT2D eigenvalue weighted by Gasteiger charge is -2.32. The Morgan fingerprint density at radius 2 is 2.04 bits per heavy atom. The Morgan fingerprint density at radius 1 is 1.18 bits per heavy atom. The van der Waals surface area contributed by atoms with Gasteiger partial charge in [-0.15, -0.1) is 0 Å². The largest absolute Gasteiger partial charge is 0.394 e. The van der Waals surface area contributed by atoms with Crippen molar-refractivity contribution in [1.82, 2.24) is 39.7 Å². The lowest BCUT2D eigenvalue weighted by atomic mass is 9.98. The topological polar surface area (TPSA) is 194 Å². The number of nitrogens with two attached hydrogens (primary N) is 1. The van der Waals surface area contributed by atoms with Gasteiger partial charge < -0.3 is 25.8 Å². The average Bonchev–Trinajstić information content (AvgIpc) is 3.39. The summed E-state index contributed by atoms with van der Waals surface area (Å²) in [7, 11) is 0. The van der Waals surface area contributed by atoms with Crippen molar-refractivity contribution in [1.29, 1.82) is 0 Å². The number of aromatic amines is 1. The number of ether oxygens (including phenoxy) is 1. The number of nitrogen functional groups attached to an aromatic ring is 1. The number of H-pyrrole nitrogens is 1. The summed E-state index contributed by atoms with van der Waals surface area (Å²) < 4.78 is 7.42. The van der Waals surface area contributed by atoms with E-state index in [1.165, 1.54) is 29.7 Å². The normalized spacial score (nSPS) is 27.8. The standard InChI is InChI=1S/C15H15N9O4/c16-13-9-14(20-4-19-13)24(5-21-9)15(12(27)10(26)7(2-25)28-15)11-8-6(22-23-11)1-17-3-18-8/h1,3-5,7,10,12,25-27H,2H2,(H,22,23)(H2,16,19,20)/t7-,10-,12-,15-/m1/s1. The number of anilines is 1. The number of fused-ring (bicyclic) bond motifs is 2. The van der Waals surface area contributed by atoms with Crippen molar-refractivity contribution in [2.45, 2.75) is 24.0 Å². The number of imidazole rings is 1. The number of rotatable bonds is 3. The first kappa shape index (κ1) is 16.9. The molecule has 1 saturated heterocycles. The Labute approximate surface area is 155 Å². The summed E-state index contributed by atoms with van der Waals surface area (Å²) in [4.78, 5) is 20.5. The molecule has 0 amide bonds. The first-order valence-corrected chi connectivity index (χ1v) is 8.31. The predicted molar refractivity (Wildman–Crippen MR) is 92.5 cm³/mol. The minimum absolute atomic E-state index is 0.141. The van der Waals surface area contributed by atoms with Crippen LogP contribution in [0.3, 0.4) is 0 Å². The molecule has 13 nitrogen and oxygen atoms in total. The van der Waals surface area contributed by atoms with Crippen LogP contribution in [0.25, 0.3) is 22.2 Å². The van der Waals surface area contributed by atoms with Crippen LogP contribution in [0.1, 0.15) is 5.69 Å². The molecule has 4 aromatic rings. The summed E-state index contributed by atoms with van der Waals surface area (Å²) in [6.07, 6.45) is 1.43. The summed E-state index contributed by atoms with van der Waals surface area (Å²) in [5.41, 5.74) is 5.69. The van der Waals surface area contributed by atoms with Crippen LogP contribution in [0.2, 0.25) is 0 Å². The molecule has 1 fully saturated rings. The van der Waals surface area contributed by atoms with Crippen molar-refractivity contribution < 1.29 is 20.1 Å². The third kappa shape index (κ3) is 2.03. The van der Waals surface area contributed by atoms with E-state index in [0.29, 0.717) is 11.0 Å². The van der Waals surface area contributed by atoms with E-state index in [9.17, 15) is 15.3 Å². The Bertz CT molecular complexity index is 1180. The zero-order valence-electron chi connectivity index (χ0n) is 14.2. The number of aliphatic hydroxyl groups excluding tert-OH is 3. The molecule has 4 atom stereocenters. The molecular weight excluding hydrogens is 370 g/mol. The van der Waals surface area contributed by atoms with Crippen molar-refractivity contribution in [3.8, 4) is 0 Å². The van der Waals surface area contributed by atoms with Crippen LogP contribution in [-0.2, 0) is 10.5 Å². The third-order valence-electron chi connectivity index (χ3n) is 4.91. The highest BCUT2D eigenvalue weighted by Crippen LogP contribution is 2.43. The first-order valence-electron chi connectivity index (χ1n) is 8.31. The molecule has 6 N–H and O–H groups in total. The van der Waals surface area contributed by atoms with Gasteiger partial charge in [0.05, 0.1) is 19.1 Å². The predicted octanol–water partition coefficient (Wildman–Crippen LogP) is -2.11. The van der Waals surface area contributed by atoms with E-state index in [4.69, 9.17) is 10.5 Å². The fourth-order valence-electron chi connectivity index (χ4n) is 3.59. The molecule has 0 aliphatic carbocycles. The molecule has 0 unspecified atom stereocenters. The Kier molecular flexibility index (Phi) is 3.54. The Balaban J connectivity index is 1.85. The van der Waals surface area contributed by atoms with Crippen LogP contribution < -0.4 is 5.73 Å². The zero-order chi connectivity index (χ0) is 19.5. The highest BCUT2D eigenvalue weighted by molar-refractivity contribution is 5.82. The van der Waals surface area contributed by atoms with Gasteiger partial charge in [-0.3, -0.25) is 9.67 Å². The van der Waals surface area contributed by atoms with Crippen molar-refractivity contribution >= 4 is 28.0 Å². The number of nitrogens with one attached hydrogen (secondary N) is 1. The summed E-state index contributed by atoms with van der Waals surface area (Å²) in [6.45, 7) is -0.523. The molecule has 5 rings (SSSR count). The van der Waals surface area contributed by atoms with Crippen molar-refractivity contribution in [3.05, 3.63) is 30.9 Å². The SMILES string of the molecule is Nc1ncnc2c1ncn2[C@]1(c2[nH]nc3cncnc23)O[C@H](CO)[C@@H](O)[C@H]1O. The lowest BCUT2D eigenvalue weighted by Crippen LogP contribution is -2.47. The van der Waals surface area contributed by atoms with Gasteiger partial charge in [0.1, 0.15) is 53.2 Å². The van der Waals surface area contributed by atoms with E-state index in [-0.39, 0.29) is 22.7 Å². The molecule has 144 valence electrons. The van der Waals surface area contributed by atoms with E-state index in [0.717, 1.165) is 0 Å². The number of aromatic nitrogens is 8. The summed E-state index contributed by atoms with van der Waals surface area (Å²) >= 11 is 0. The maximum atomic E-state index is 11.0. The molecule has 0 bridgehead atoms. The first-order chi connectivity index (χ1) is 13.6. The minimum atomic E-state index is -1.76. The highest BCUT2D eigenvalue weighted by Gasteiger charge is 2.59. The quantitative estimate of drug-likeness (QED) is 0.259. The second-order valence-corrected chi connectivity index (χ2v) is 6.37. The maximum absolute atomic E-state index is 11.0. The van der Waals surface area contributed by atoms with Gasteiger partial charge in [-0.2, -0.15) is 5.10 Å². The van der Waals surface area contributed by atoms with Gasteiger partial charge in [-0.25, -0.2) is 24.9 Å². The van der Waals surface area contributed by atoms with Crippen molar-refractivity contribution in [2.75, 3.05) is 12.3 Å². The summed E-state index contributed by atoms with van der Waals surface area (Å²) in [5.74, 6) is 0.141. The van der Waals surface area contributed by atoms with Gasteiger partial charge in [0, 0.05) is 0 Å². The molecule has 0 spiro atoms. The maximum Gasteiger partial charge on any atom is 0.221 e.